The lowest BCUT2D eigenvalue weighted by Crippen LogP contribution is -2.42. The molecule has 9 heteroatoms. The zero-order valence-electron chi connectivity index (χ0n) is 10.8. The quantitative estimate of drug-likeness (QED) is 0.892. The van der Waals surface area contributed by atoms with E-state index in [1.54, 1.807) is 6.92 Å². The molecule has 1 N–H and O–H groups in total. The van der Waals surface area contributed by atoms with Crippen molar-refractivity contribution in [3.8, 4) is 0 Å². The number of carboxylic acids is 1. The van der Waals surface area contributed by atoms with Crippen LogP contribution in [-0.2, 0) is 11.2 Å². The first kappa shape index (κ1) is 16.0. The molecule has 0 saturated heterocycles. The number of amides is 1. The number of halogens is 3. The number of carbonyl (C=O) groups excluding carboxylic acids is 1. The van der Waals surface area contributed by atoms with Crippen molar-refractivity contribution in [3.63, 3.8) is 0 Å². The third-order valence-corrected chi connectivity index (χ3v) is 2.47. The Kier molecular flexibility index (Phi) is 4.74. The van der Waals surface area contributed by atoms with Crippen LogP contribution in [0.15, 0.2) is 4.52 Å². The molecule has 0 atom stereocenters. The molecule has 20 heavy (non-hydrogen) atoms. The van der Waals surface area contributed by atoms with Crippen LogP contribution in [0.5, 0.6) is 0 Å². The van der Waals surface area contributed by atoms with Crippen molar-refractivity contribution in [2.75, 3.05) is 13.1 Å². The number of alkyl halides is 3. The summed E-state index contributed by atoms with van der Waals surface area (Å²) in [6, 6.07) is 0. The van der Waals surface area contributed by atoms with Crippen LogP contribution in [0.25, 0.3) is 0 Å². The van der Waals surface area contributed by atoms with Crippen LogP contribution in [0.1, 0.15) is 28.7 Å². The number of aliphatic carboxylic acids is 1. The first-order chi connectivity index (χ1) is 9.15. The number of nitrogens with zero attached hydrogens (tertiary/aromatic N) is 2. The Bertz CT molecular complexity index is 510. The number of hydrogen-bond donors (Lipinski definition) is 1. The predicted octanol–water partition coefficient (Wildman–Crippen LogP) is 1.63. The topological polar surface area (TPSA) is 83.6 Å². The van der Waals surface area contributed by atoms with E-state index in [1.807, 2.05) is 0 Å². The van der Waals surface area contributed by atoms with E-state index in [-0.39, 0.29) is 28.3 Å². The first-order valence-corrected chi connectivity index (χ1v) is 5.68. The fourth-order valence-corrected chi connectivity index (χ4v) is 1.67. The van der Waals surface area contributed by atoms with Crippen LogP contribution in [0.2, 0.25) is 0 Å². The summed E-state index contributed by atoms with van der Waals surface area (Å²) in [7, 11) is 0. The molecule has 1 rings (SSSR count). The lowest BCUT2D eigenvalue weighted by molar-refractivity contribution is -0.149. The average molecular weight is 294 g/mol. The molecule has 0 fully saturated rings. The molecular formula is C11H13F3N2O4. The second-order valence-corrected chi connectivity index (χ2v) is 4.08. The summed E-state index contributed by atoms with van der Waals surface area (Å²) in [5, 5.41) is 12.2. The minimum absolute atomic E-state index is 0.0596. The Labute approximate surface area is 112 Å². The van der Waals surface area contributed by atoms with Crippen molar-refractivity contribution in [2.45, 2.75) is 26.4 Å². The van der Waals surface area contributed by atoms with Crippen LogP contribution in [0.3, 0.4) is 0 Å². The van der Waals surface area contributed by atoms with Gasteiger partial charge in [-0.05, 0) is 13.3 Å². The molecule has 0 aliphatic heterocycles. The highest BCUT2D eigenvalue weighted by Crippen LogP contribution is 2.21. The normalized spacial score (nSPS) is 11.4. The maximum atomic E-state index is 12.4. The van der Waals surface area contributed by atoms with Crippen LogP contribution < -0.4 is 0 Å². The highest BCUT2D eigenvalue weighted by molar-refractivity contribution is 5.97. The summed E-state index contributed by atoms with van der Waals surface area (Å²) in [6.45, 7) is 0.337. The first-order valence-electron chi connectivity index (χ1n) is 5.68. The average Bonchev–Trinajstić information content (AvgIpc) is 2.66. The van der Waals surface area contributed by atoms with Gasteiger partial charge in [0.25, 0.3) is 5.91 Å². The smallest absolute Gasteiger partial charge is 0.406 e. The Morgan fingerprint density at radius 1 is 1.40 bits per heavy atom. The summed E-state index contributed by atoms with van der Waals surface area (Å²) in [4.78, 5) is 22.9. The third kappa shape index (κ3) is 3.97. The zero-order valence-corrected chi connectivity index (χ0v) is 10.8. The number of rotatable bonds is 5. The molecule has 0 aliphatic rings. The van der Waals surface area contributed by atoms with Gasteiger partial charge in [-0.25, -0.2) is 0 Å². The number of aryl methyl sites for hydroxylation is 2. The fourth-order valence-electron chi connectivity index (χ4n) is 1.67. The van der Waals surface area contributed by atoms with Crippen molar-refractivity contribution < 1.29 is 32.4 Å². The molecular weight excluding hydrogens is 281 g/mol. The summed E-state index contributed by atoms with van der Waals surface area (Å²) < 4.78 is 42.0. The van der Waals surface area contributed by atoms with Gasteiger partial charge in [0, 0.05) is 0 Å². The Balaban J connectivity index is 3.09. The summed E-state index contributed by atoms with van der Waals surface area (Å²) >= 11 is 0. The highest BCUT2D eigenvalue weighted by atomic mass is 19.4. The van der Waals surface area contributed by atoms with Gasteiger partial charge in [-0.15, -0.1) is 0 Å². The second kappa shape index (κ2) is 5.93. The zero-order chi connectivity index (χ0) is 15.5. The van der Waals surface area contributed by atoms with Gasteiger partial charge >= 0.3 is 12.1 Å². The van der Waals surface area contributed by atoms with Crippen molar-refractivity contribution in [1.29, 1.82) is 0 Å². The minimum Gasteiger partial charge on any atom is -0.480 e. The number of carbonyl (C=O) groups is 2. The SMILES string of the molecule is CCc1noc(C)c1C(=O)N(CC(=O)O)CC(F)(F)F. The van der Waals surface area contributed by atoms with Crippen molar-refractivity contribution in [1.82, 2.24) is 10.1 Å². The van der Waals surface area contributed by atoms with Crippen LogP contribution >= 0.6 is 0 Å². The largest absolute Gasteiger partial charge is 0.480 e. The van der Waals surface area contributed by atoms with Gasteiger partial charge in [-0.2, -0.15) is 13.2 Å². The molecule has 6 nitrogen and oxygen atoms in total. The molecule has 0 unspecified atom stereocenters. The Morgan fingerprint density at radius 2 is 2.00 bits per heavy atom. The van der Waals surface area contributed by atoms with Crippen molar-refractivity contribution in [3.05, 3.63) is 17.0 Å². The van der Waals surface area contributed by atoms with Gasteiger partial charge in [0.1, 0.15) is 24.4 Å². The maximum Gasteiger partial charge on any atom is 0.406 e. The van der Waals surface area contributed by atoms with E-state index in [4.69, 9.17) is 9.63 Å². The van der Waals surface area contributed by atoms with Crippen molar-refractivity contribution >= 4 is 11.9 Å². The summed E-state index contributed by atoms with van der Waals surface area (Å²) in [5.41, 5.74) is 0.0862. The standard InChI is InChI=1S/C11H13F3N2O4/c1-3-7-9(6(2)20-15-7)10(19)16(4-8(17)18)5-11(12,13)14/h3-5H2,1-2H3,(H,17,18). The van der Waals surface area contributed by atoms with Gasteiger partial charge in [0.2, 0.25) is 0 Å². The predicted molar refractivity (Wildman–Crippen MR) is 60.2 cm³/mol. The molecule has 0 spiro atoms. The molecule has 0 aromatic carbocycles. The van der Waals surface area contributed by atoms with Crippen LogP contribution in [0.4, 0.5) is 13.2 Å². The Hall–Kier alpha value is -2.06. The van der Waals surface area contributed by atoms with E-state index in [0.717, 1.165) is 0 Å². The number of carboxylic acid groups (broad SMARTS) is 1. The molecule has 0 bridgehead atoms. The molecule has 0 radical (unpaired) electrons. The molecule has 0 saturated carbocycles. The van der Waals surface area contributed by atoms with Crippen LogP contribution in [-0.4, -0.2) is 46.3 Å². The van der Waals surface area contributed by atoms with E-state index in [1.165, 1.54) is 6.92 Å². The monoisotopic (exact) mass is 294 g/mol. The summed E-state index contributed by atoms with van der Waals surface area (Å²) in [6.07, 6.45) is -4.41. The molecule has 1 heterocycles. The lowest BCUT2D eigenvalue weighted by Gasteiger charge is -2.22. The molecule has 1 amide bonds. The highest BCUT2D eigenvalue weighted by Gasteiger charge is 2.36. The van der Waals surface area contributed by atoms with E-state index < -0.39 is 31.1 Å². The second-order valence-electron chi connectivity index (χ2n) is 4.08. The van der Waals surface area contributed by atoms with E-state index in [2.05, 4.69) is 5.16 Å². The third-order valence-electron chi connectivity index (χ3n) is 2.47. The van der Waals surface area contributed by atoms with E-state index in [9.17, 15) is 22.8 Å². The van der Waals surface area contributed by atoms with Crippen molar-refractivity contribution in [2.24, 2.45) is 0 Å². The Morgan fingerprint density at radius 3 is 2.45 bits per heavy atom. The lowest BCUT2D eigenvalue weighted by atomic mass is 10.1. The fraction of sp³-hybridized carbons (Fsp3) is 0.545. The van der Waals surface area contributed by atoms with E-state index in [0.29, 0.717) is 0 Å². The molecule has 1 aromatic rings. The summed E-state index contributed by atoms with van der Waals surface area (Å²) in [5.74, 6) is -2.53. The van der Waals surface area contributed by atoms with Gasteiger partial charge in [0.05, 0.1) is 5.69 Å². The van der Waals surface area contributed by atoms with Gasteiger partial charge in [0.15, 0.2) is 0 Å². The van der Waals surface area contributed by atoms with Gasteiger partial charge in [-0.3, -0.25) is 9.59 Å². The van der Waals surface area contributed by atoms with E-state index >= 15 is 0 Å². The van der Waals surface area contributed by atoms with Gasteiger partial charge < -0.3 is 14.5 Å². The minimum atomic E-state index is -4.69. The van der Waals surface area contributed by atoms with Crippen LogP contribution in [0, 0.1) is 6.92 Å². The number of aromatic nitrogens is 1. The molecule has 0 aliphatic carbocycles. The molecule has 112 valence electrons. The van der Waals surface area contributed by atoms with Gasteiger partial charge in [-0.1, -0.05) is 12.1 Å². The number of hydrogen-bond acceptors (Lipinski definition) is 4. The maximum absolute atomic E-state index is 12.4. The molecule has 1 aromatic heterocycles.